The summed E-state index contributed by atoms with van der Waals surface area (Å²) in [5, 5.41) is 3.19. The Labute approximate surface area is 113 Å². The number of hydrogen-bond acceptors (Lipinski definition) is 2. The Morgan fingerprint density at radius 3 is 2.50 bits per heavy atom. The monoisotopic (exact) mass is 272 g/mol. The van der Waals surface area contributed by atoms with E-state index in [1.54, 1.807) is 11.8 Å². The average molecular weight is 273 g/mol. The van der Waals surface area contributed by atoms with Crippen LogP contribution in [0, 0.1) is 5.92 Å². The number of hydrogen-bond donors (Lipinski definition) is 1. The molecule has 0 aromatic heterocycles. The molecule has 2 atom stereocenters. The number of amides is 2. The van der Waals surface area contributed by atoms with E-state index in [9.17, 15) is 9.59 Å². The lowest BCUT2D eigenvalue weighted by Gasteiger charge is -2.45. The second-order valence-corrected chi connectivity index (χ2v) is 5.85. The van der Waals surface area contributed by atoms with Crippen LogP contribution in [0.5, 0.6) is 0 Å². The minimum atomic E-state index is -0.838. The van der Waals surface area contributed by atoms with Gasteiger partial charge in [0.2, 0.25) is 11.8 Å². The first kappa shape index (κ1) is 15.0. The fourth-order valence-corrected chi connectivity index (χ4v) is 2.37. The van der Waals surface area contributed by atoms with Gasteiger partial charge in [0.25, 0.3) is 0 Å². The zero-order valence-electron chi connectivity index (χ0n) is 11.4. The highest BCUT2D eigenvalue weighted by atomic mass is 35.5. The molecule has 1 rings (SSSR count). The zero-order valence-corrected chi connectivity index (χ0v) is 12.2. The van der Waals surface area contributed by atoms with Crippen molar-refractivity contribution in [3.8, 4) is 0 Å². The summed E-state index contributed by atoms with van der Waals surface area (Å²) in [6, 6.07) is -0.479. The lowest BCUT2D eigenvalue weighted by atomic mass is 9.88. The molecule has 1 N–H and O–H groups in total. The lowest BCUT2D eigenvalue weighted by molar-refractivity contribution is -0.155. The van der Waals surface area contributed by atoms with Crippen molar-refractivity contribution >= 4 is 23.4 Å². The molecule has 0 saturated carbocycles. The van der Waals surface area contributed by atoms with Crippen LogP contribution in [0.1, 0.15) is 34.1 Å². The molecule has 1 heterocycles. The predicted molar refractivity (Wildman–Crippen MR) is 72.2 cm³/mol. The topological polar surface area (TPSA) is 49.4 Å². The number of piperazine rings is 1. The van der Waals surface area contributed by atoms with Gasteiger partial charge in [-0.3, -0.25) is 9.59 Å². The normalized spacial score (nSPS) is 28.6. The van der Waals surface area contributed by atoms with E-state index in [-0.39, 0.29) is 24.3 Å². The second-order valence-electron chi connectivity index (χ2n) is 5.31. The third-order valence-corrected chi connectivity index (χ3v) is 3.54. The first-order chi connectivity index (χ1) is 8.23. The third kappa shape index (κ3) is 2.69. The van der Waals surface area contributed by atoms with E-state index in [1.165, 1.54) is 0 Å². The van der Waals surface area contributed by atoms with E-state index >= 15 is 0 Å². The molecule has 2 amide bonds. The summed E-state index contributed by atoms with van der Waals surface area (Å²) in [6.45, 7) is 11.3. The van der Waals surface area contributed by atoms with Gasteiger partial charge in [-0.1, -0.05) is 39.0 Å². The van der Waals surface area contributed by atoms with Crippen LogP contribution in [-0.2, 0) is 9.59 Å². The van der Waals surface area contributed by atoms with Crippen LogP contribution in [0.4, 0.5) is 0 Å². The first-order valence-corrected chi connectivity index (χ1v) is 6.57. The molecule has 18 heavy (non-hydrogen) atoms. The quantitative estimate of drug-likeness (QED) is 0.850. The largest absolute Gasteiger partial charge is 0.340 e. The molecule has 0 spiro atoms. The molecule has 0 aliphatic carbocycles. The summed E-state index contributed by atoms with van der Waals surface area (Å²) < 4.78 is 0. The second kappa shape index (κ2) is 5.31. The first-order valence-electron chi connectivity index (χ1n) is 6.19. The van der Waals surface area contributed by atoms with Crippen LogP contribution in [0.25, 0.3) is 0 Å². The predicted octanol–water partition coefficient (Wildman–Crippen LogP) is 1.89. The van der Waals surface area contributed by atoms with Crippen LogP contribution in [0.3, 0.4) is 0 Å². The Kier molecular flexibility index (Phi) is 4.43. The molecule has 2 unspecified atom stereocenters. The molecule has 5 heteroatoms. The maximum absolute atomic E-state index is 12.5. The minimum absolute atomic E-state index is 0.0337. The number of halogens is 1. The highest BCUT2D eigenvalue weighted by molar-refractivity contribution is 6.29. The summed E-state index contributed by atoms with van der Waals surface area (Å²) in [5.41, 5.74) is -0.838. The molecule has 1 aliphatic heterocycles. The summed E-state index contributed by atoms with van der Waals surface area (Å²) in [5.74, 6) is -0.177. The summed E-state index contributed by atoms with van der Waals surface area (Å²) in [4.78, 5) is 26.2. The van der Waals surface area contributed by atoms with Gasteiger partial charge in [-0.2, -0.15) is 0 Å². The fourth-order valence-electron chi connectivity index (χ4n) is 2.24. The standard InChI is InChI=1S/C13H21ClN2O2/c1-6-13(5)12(18)16(7-9(4)14)10(8(2)3)11(17)15-13/h8,10H,4,6-7H2,1-3,5H3,(H,15,17). The summed E-state index contributed by atoms with van der Waals surface area (Å²) in [6.07, 6.45) is 0.549. The molecule has 1 aliphatic rings. The van der Waals surface area contributed by atoms with Gasteiger partial charge >= 0.3 is 0 Å². The van der Waals surface area contributed by atoms with E-state index in [1.807, 2.05) is 20.8 Å². The zero-order chi connectivity index (χ0) is 14.1. The number of rotatable bonds is 4. The molecule has 0 aromatic rings. The number of nitrogens with zero attached hydrogens (tertiary/aromatic N) is 1. The SMILES string of the molecule is C=C(Cl)CN1C(=O)C(C)(CC)NC(=O)C1C(C)C. The van der Waals surface area contributed by atoms with Crippen LogP contribution >= 0.6 is 11.6 Å². The Hall–Kier alpha value is -1.03. The van der Waals surface area contributed by atoms with Crippen molar-refractivity contribution in [2.24, 2.45) is 5.92 Å². The molecule has 1 fully saturated rings. The van der Waals surface area contributed by atoms with E-state index in [2.05, 4.69) is 11.9 Å². The molecule has 102 valence electrons. The molecular weight excluding hydrogens is 252 g/mol. The van der Waals surface area contributed by atoms with Crippen molar-refractivity contribution in [3.63, 3.8) is 0 Å². The number of nitrogens with one attached hydrogen (secondary N) is 1. The Morgan fingerprint density at radius 1 is 1.56 bits per heavy atom. The van der Waals surface area contributed by atoms with E-state index in [0.717, 1.165) is 0 Å². The molecule has 0 radical (unpaired) electrons. The van der Waals surface area contributed by atoms with Crippen molar-refractivity contribution in [2.45, 2.75) is 45.7 Å². The van der Waals surface area contributed by atoms with Crippen molar-refractivity contribution in [1.29, 1.82) is 0 Å². The van der Waals surface area contributed by atoms with Gasteiger partial charge in [0.15, 0.2) is 0 Å². The third-order valence-electron chi connectivity index (χ3n) is 3.42. The fraction of sp³-hybridized carbons (Fsp3) is 0.692. The minimum Gasteiger partial charge on any atom is -0.340 e. The van der Waals surface area contributed by atoms with Crippen LogP contribution in [0.2, 0.25) is 0 Å². The van der Waals surface area contributed by atoms with E-state index in [4.69, 9.17) is 11.6 Å². The van der Waals surface area contributed by atoms with E-state index in [0.29, 0.717) is 11.5 Å². The van der Waals surface area contributed by atoms with Crippen LogP contribution in [-0.4, -0.2) is 34.8 Å². The Morgan fingerprint density at radius 2 is 2.11 bits per heavy atom. The number of carbonyl (C=O) groups excluding carboxylic acids is 2. The van der Waals surface area contributed by atoms with Gasteiger partial charge in [0.1, 0.15) is 11.6 Å². The van der Waals surface area contributed by atoms with Crippen molar-refractivity contribution in [2.75, 3.05) is 6.54 Å². The average Bonchev–Trinajstić information content (AvgIpc) is 2.24. The molecule has 4 nitrogen and oxygen atoms in total. The van der Waals surface area contributed by atoms with Crippen LogP contribution in [0.15, 0.2) is 11.6 Å². The Balaban J connectivity index is 3.12. The molecule has 0 bridgehead atoms. The van der Waals surface area contributed by atoms with Crippen molar-refractivity contribution in [3.05, 3.63) is 11.6 Å². The Bertz CT molecular complexity index is 381. The van der Waals surface area contributed by atoms with Gasteiger partial charge in [-0.25, -0.2) is 0 Å². The molecule has 0 aromatic carbocycles. The van der Waals surface area contributed by atoms with Crippen molar-refractivity contribution in [1.82, 2.24) is 10.2 Å². The van der Waals surface area contributed by atoms with Crippen molar-refractivity contribution < 1.29 is 9.59 Å². The number of carbonyl (C=O) groups is 2. The van der Waals surface area contributed by atoms with Gasteiger partial charge < -0.3 is 10.2 Å². The van der Waals surface area contributed by atoms with Gasteiger partial charge in [0.05, 0.1) is 6.54 Å². The van der Waals surface area contributed by atoms with Gasteiger partial charge in [-0.05, 0) is 19.3 Å². The highest BCUT2D eigenvalue weighted by Crippen LogP contribution is 2.26. The van der Waals surface area contributed by atoms with Gasteiger partial charge in [0, 0.05) is 5.03 Å². The highest BCUT2D eigenvalue weighted by Gasteiger charge is 2.47. The molecule has 1 saturated heterocycles. The van der Waals surface area contributed by atoms with Crippen LogP contribution < -0.4 is 5.32 Å². The maximum Gasteiger partial charge on any atom is 0.249 e. The smallest absolute Gasteiger partial charge is 0.249 e. The summed E-state index contributed by atoms with van der Waals surface area (Å²) in [7, 11) is 0. The van der Waals surface area contributed by atoms with E-state index < -0.39 is 11.6 Å². The maximum atomic E-state index is 12.5. The molecular formula is C13H21ClN2O2. The lowest BCUT2D eigenvalue weighted by Crippen LogP contribution is -2.70. The van der Waals surface area contributed by atoms with Gasteiger partial charge in [-0.15, -0.1) is 0 Å². The summed E-state index contributed by atoms with van der Waals surface area (Å²) >= 11 is 5.81.